The Morgan fingerprint density at radius 3 is 2.48 bits per heavy atom. The Kier molecular flexibility index (Phi) is 10.6. The van der Waals surface area contributed by atoms with Crippen LogP contribution in [-0.4, -0.2) is 74.3 Å². The van der Waals surface area contributed by atoms with Gasteiger partial charge in [0.2, 0.25) is 0 Å². The number of guanidine groups is 1. The highest BCUT2D eigenvalue weighted by molar-refractivity contribution is 14.0. The summed E-state index contributed by atoms with van der Waals surface area (Å²) in [5.74, 6) is 2.72. The van der Waals surface area contributed by atoms with Crippen LogP contribution in [0.1, 0.15) is 47.0 Å². The lowest BCUT2D eigenvalue weighted by Crippen LogP contribution is -2.46. The zero-order valence-corrected chi connectivity index (χ0v) is 19.2. The van der Waals surface area contributed by atoms with Crippen LogP contribution >= 0.6 is 24.0 Å². The number of nitrogens with one attached hydrogen (secondary N) is 1. The molecule has 2 fully saturated rings. The first-order valence-electron chi connectivity index (χ1n) is 9.81. The van der Waals surface area contributed by atoms with E-state index in [1.54, 1.807) is 0 Å². The summed E-state index contributed by atoms with van der Waals surface area (Å²) in [4.78, 5) is 9.45. The van der Waals surface area contributed by atoms with E-state index in [4.69, 9.17) is 4.74 Å². The monoisotopic (exact) mass is 466 g/mol. The highest BCUT2D eigenvalue weighted by atomic mass is 127. The molecule has 2 rings (SSSR count). The number of aliphatic imine (C=N–C) groups is 1. The summed E-state index contributed by atoms with van der Waals surface area (Å²) < 4.78 is 5.80. The second kappa shape index (κ2) is 11.6. The molecule has 0 spiro atoms. The molecule has 0 aromatic heterocycles. The fourth-order valence-electron chi connectivity index (χ4n) is 4.19. The fraction of sp³-hybridized carbons (Fsp3) is 0.947. The normalized spacial score (nSPS) is 28.3. The van der Waals surface area contributed by atoms with E-state index < -0.39 is 0 Å². The number of halogens is 1. The molecule has 3 unspecified atom stereocenters. The molecular weight excluding hydrogens is 427 g/mol. The maximum Gasteiger partial charge on any atom is 0.193 e. The predicted octanol–water partition coefficient (Wildman–Crippen LogP) is 3.05. The third-order valence-corrected chi connectivity index (χ3v) is 5.03. The number of ether oxygens (including phenoxy) is 1. The van der Waals surface area contributed by atoms with Crippen LogP contribution in [0.3, 0.4) is 0 Å². The number of nitrogens with zero attached hydrogens (tertiary/aromatic N) is 3. The fourth-order valence-corrected chi connectivity index (χ4v) is 4.19. The van der Waals surface area contributed by atoms with Crippen LogP contribution in [0.4, 0.5) is 0 Å². The van der Waals surface area contributed by atoms with Crippen molar-refractivity contribution >= 4 is 29.9 Å². The lowest BCUT2D eigenvalue weighted by Gasteiger charge is -2.35. The van der Waals surface area contributed by atoms with Gasteiger partial charge in [0.05, 0.1) is 12.2 Å². The molecule has 2 aliphatic heterocycles. The van der Waals surface area contributed by atoms with Crippen LogP contribution < -0.4 is 5.32 Å². The largest absolute Gasteiger partial charge is 0.373 e. The lowest BCUT2D eigenvalue weighted by atomic mass is 9.97. The van der Waals surface area contributed by atoms with Gasteiger partial charge in [-0.1, -0.05) is 13.8 Å². The van der Waals surface area contributed by atoms with Gasteiger partial charge < -0.3 is 15.0 Å². The molecule has 0 aliphatic carbocycles. The maximum absolute atomic E-state index is 5.80. The first-order valence-corrected chi connectivity index (χ1v) is 9.81. The summed E-state index contributed by atoms with van der Waals surface area (Å²) in [6.07, 6.45) is 4.51. The molecule has 0 amide bonds. The molecule has 1 N–H and O–H groups in total. The zero-order valence-electron chi connectivity index (χ0n) is 16.8. The first kappa shape index (κ1) is 23.0. The Morgan fingerprint density at radius 2 is 1.88 bits per heavy atom. The smallest absolute Gasteiger partial charge is 0.193 e. The van der Waals surface area contributed by atoms with E-state index in [-0.39, 0.29) is 24.0 Å². The number of rotatable bonds is 6. The summed E-state index contributed by atoms with van der Waals surface area (Å²) in [5, 5.41) is 3.57. The Bertz CT molecular complexity index is 395. The van der Waals surface area contributed by atoms with E-state index in [9.17, 15) is 0 Å². The quantitative estimate of drug-likeness (QED) is 0.283. The summed E-state index contributed by atoms with van der Waals surface area (Å²) in [7, 11) is 1.91. The molecule has 0 bridgehead atoms. The Morgan fingerprint density at radius 1 is 1.20 bits per heavy atom. The Labute approximate surface area is 172 Å². The van der Waals surface area contributed by atoms with E-state index in [1.165, 1.54) is 12.8 Å². The van der Waals surface area contributed by atoms with Gasteiger partial charge in [0.25, 0.3) is 0 Å². The summed E-state index contributed by atoms with van der Waals surface area (Å²) in [6, 6.07) is 0. The molecular formula is C19H39IN4O. The molecule has 2 aliphatic rings. The van der Waals surface area contributed by atoms with Crippen molar-refractivity contribution in [3.63, 3.8) is 0 Å². The minimum atomic E-state index is 0. The highest BCUT2D eigenvalue weighted by Crippen LogP contribution is 2.23. The van der Waals surface area contributed by atoms with E-state index >= 15 is 0 Å². The van der Waals surface area contributed by atoms with Gasteiger partial charge in [0.15, 0.2) is 5.96 Å². The van der Waals surface area contributed by atoms with Gasteiger partial charge in [-0.05, 0) is 44.9 Å². The highest BCUT2D eigenvalue weighted by Gasteiger charge is 2.25. The van der Waals surface area contributed by atoms with Crippen LogP contribution in [0, 0.1) is 11.8 Å². The van der Waals surface area contributed by atoms with Gasteiger partial charge in [0.1, 0.15) is 0 Å². The van der Waals surface area contributed by atoms with Crippen molar-refractivity contribution in [1.29, 1.82) is 0 Å². The van der Waals surface area contributed by atoms with Crippen molar-refractivity contribution in [1.82, 2.24) is 15.1 Å². The van der Waals surface area contributed by atoms with E-state index in [0.717, 1.165) is 63.5 Å². The number of morpholine rings is 1. The minimum absolute atomic E-state index is 0. The van der Waals surface area contributed by atoms with Crippen LogP contribution in [0.15, 0.2) is 4.99 Å². The van der Waals surface area contributed by atoms with Crippen molar-refractivity contribution in [3.05, 3.63) is 0 Å². The Balaban J connectivity index is 0.00000312. The third-order valence-electron chi connectivity index (χ3n) is 5.03. The molecule has 148 valence electrons. The van der Waals surface area contributed by atoms with Gasteiger partial charge in [0, 0.05) is 46.3 Å². The van der Waals surface area contributed by atoms with Crippen LogP contribution in [0.5, 0.6) is 0 Å². The predicted molar refractivity (Wildman–Crippen MR) is 117 cm³/mol. The van der Waals surface area contributed by atoms with Gasteiger partial charge in [-0.25, -0.2) is 0 Å². The molecule has 0 aromatic rings. The first-order chi connectivity index (χ1) is 11.5. The second-order valence-electron chi connectivity index (χ2n) is 8.07. The van der Waals surface area contributed by atoms with Crippen molar-refractivity contribution in [2.45, 2.75) is 59.2 Å². The molecule has 6 heteroatoms. The molecule has 2 saturated heterocycles. The van der Waals surface area contributed by atoms with Crippen LogP contribution in [-0.2, 0) is 4.74 Å². The number of hydrogen-bond donors (Lipinski definition) is 1. The van der Waals surface area contributed by atoms with E-state index in [1.807, 2.05) is 7.05 Å². The van der Waals surface area contributed by atoms with Crippen molar-refractivity contribution in [2.24, 2.45) is 16.8 Å². The average molecular weight is 466 g/mol. The third kappa shape index (κ3) is 7.99. The lowest BCUT2D eigenvalue weighted by molar-refractivity contribution is -0.0679. The summed E-state index contributed by atoms with van der Waals surface area (Å²) in [5.41, 5.74) is 0. The summed E-state index contributed by atoms with van der Waals surface area (Å²) >= 11 is 0. The molecule has 2 heterocycles. The standard InChI is InChI=1S/C19H38N4O.HI/c1-15(2)11-18-7-10-23(14-18)19(20-5)21-8-6-9-22-12-16(3)24-17(4)13-22;/h15-18H,6-14H2,1-5H3,(H,20,21);1H. The van der Waals surface area contributed by atoms with Crippen LogP contribution in [0.25, 0.3) is 0 Å². The van der Waals surface area contributed by atoms with Gasteiger partial charge in [-0.15, -0.1) is 24.0 Å². The van der Waals surface area contributed by atoms with Crippen molar-refractivity contribution in [2.75, 3.05) is 46.3 Å². The van der Waals surface area contributed by atoms with Gasteiger partial charge in [-0.3, -0.25) is 9.89 Å². The molecule has 0 radical (unpaired) electrons. The SMILES string of the molecule is CN=C(NCCCN1CC(C)OC(C)C1)N1CCC(CC(C)C)C1.I. The number of hydrogen-bond acceptors (Lipinski definition) is 3. The van der Waals surface area contributed by atoms with Gasteiger partial charge >= 0.3 is 0 Å². The Hall–Kier alpha value is -0.0800. The average Bonchev–Trinajstić information content (AvgIpc) is 2.93. The number of likely N-dealkylation sites (tertiary alicyclic amines) is 1. The molecule has 0 saturated carbocycles. The molecule has 3 atom stereocenters. The van der Waals surface area contributed by atoms with Gasteiger partial charge in [-0.2, -0.15) is 0 Å². The second-order valence-corrected chi connectivity index (χ2v) is 8.07. The van der Waals surface area contributed by atoms with Crippen molar-refractivity contribution < 1.29 is 4.74 Å². The van der Waals surface area contributed by atoms with Crippen molar-refractivity contribution in [3.8, 4) is 0 Å². The zero-order chi connectivity index (χ0) is 17.5. The van der Waals surface area contributed by atoms with E-state index in [0.29, 0.717) is 12.2 Å². The maximum atomic E-state index is 5.80. The minimum Gasteiger partial charge on any atom is -0.373 e. The summed E-state index contributed by atoms with van der Waals surface area (Å²) in [6.45, 7) is 15.5. The molecule has 5 nitrogen and oxygen atoms in total. The molecule has 0 aromatic carbocycles. The van der Waals surface area contributed by atoms with Crippen LogP contribution in [0.2, 0.25) is 0 Å². The topological polar surface area (TPSA) is 40.1 Å². The molecule has 25 heavy (non-hydrogen) atoms. The van der Waals surface area contributed by atoms with E-state index in [2.05, 4.69) is 47.8 Å².